The van der Waals surface area contributed by atoms with Gasteiger partial charge in [-0.05, 0) is 25.8 Å². The predicted molar refractivity (Wildman–Crippen MR) is 84.5 cm³/mol. The lowest BCUT2D eigenvalue weighted by atomic mass is 10.2. The topological polar surface area (TPSA) is 50.5 Å². The standard InChI is InChI=1S/C14H27N3O2S/c1-11(2)9-20-10-12(18)14-13(19-5)8-15-17(14)7-6-16(3)4/h8,11-12,18H,6-7,9-10H2,1-5H3. The second kappa shape index (κ2) is 8.54. The third kappa shape index (κ3) is 5.34. The number of likely N-dealkylation sites (N-methyl/N-ethyl adjacent to an activating group) is 1. The number of aromatic nitrogens is 2. The molecule has 1 atom stereocenters. The molecule has 0 saturated heterocycles. The Hall–Kier alpha value is -0.720. The van der Waals surface area contributed by atoms with Gasteiger partial charge in [0.15, 0.2) is 5.75 Å². The number of ether oxygens (including phenoxy) is 1. The molecule has 1 heterocycles. The Balaban J connectivity index is 2.71. The van der Waals surface area contributed by atoms with Crippen LogP contribution in [0.3, 0.4) is 0 Å². The van der Waals surface area contributed by atoms with Crippen LogP contribution in [0.1, 0.15) is 25.6 Å². The van der Waals surface area contributed by atoms with Gasteiger partial charge in [-0.25, -0.2) is 0 Å². The van der Waals surface area contributed by atoms with Crippen molar-refractivity contribution < 1.29 is 9.84 Å². The van der Waals surface area contributed by atoms with Crippen LogP contribution >= 0.6 is 11.8 Å². The first-order valence-corrected chi connectivity index (χ1v) is 8.11. The van der Waals surface area contributed by atoms with Crippen molar-refractivity contribution in [3.63, 3.8) is 0 Å². The fourth-order valence-corrected chi connectivity index (χ4v) is 2.83. The minimum absolute atomic E-state index is 0.543. The predicted octanol–water partition coefficient (Wildman–Crippen LogP) is 1.88. The van der Waals surface area contributed by atoms with Gasteiger partial charge in [0.2, 0.25) is 0 Å². The van der Waals surface area contributed by atoms with E-state index in [0.717, 1.165) is 24.5 Å². The van der Waals surface area contributed by atoms with Crippen LogP contribution in [0, 0.1) is 5.92 Å². The third-order valence-corrected chi connectivity index (χ3v) is 4.32. The second-order valence-corrected chi connectivity index (χ2v) is 6.65. The minimum Gasteiger partial charge on any atom is -0.493 e. The highest BCUT2D eigenvalue weighted by Crippen LogP contribution is 2.27. The van der Waals surface area contributed by atoms with Crippen molar-refractivity contribution in [2.45, 2.75) is 26.5 Å². The van der Waals surface area contributed by atoms with Gasteiger partial charge in [0, 0.05) is 12.3 Å². The summed E-state index contributed by atoms with van der Waals surface area (Å²) in [4.78, 5) is 2.10. The Morgan fingerprint density at radius 2 is 2.10 bits per heavy atom. The van der Waals surface area contributed by atoms with E-state index in [-0.39, 0.29) is 0 Å². The maximum Gasteiger partial charge on any atom is 0.162 e. The third-order valence-electron chi connectivity index (χ3n) is 2.87. The summed E-state index contributed by atoms with van der Waals surface area (Å²) in [5.41, 5.74) is 0.783. The van der Waals surface area contributed by atoms with Gasteiger partial charge in [-0.3, -0.25) is 4.68 Å². The Kier molecular flexibility index (Phi) is 7.40. The van der Waals surface area contributed by atoms with Crippen LogP contribution in [-0.4, -0.2) is 59.0 Å². The molecule has 1 unspecified atom stereocenters. The molecule has 0 radical (unpaired) electrons. The molecular weight excluding hydrogens is 274 g/mol. The molecule has 0 aliphatic heterocycles. The van der Waals surface area contributed by atoms with Crippen LogP contribution in [-0.2, 0) is 6.54 Å². The SMILES string of the molecule is COc1cnn(CCN(C)C)c1C(O)CSCC(C)C. The zero-order valence-electron chi connectivity index (χ0n) is 13.2. The van der Waals surface area contributed by atoms with Crippen LogP contribution in [0.25, 0.3) is 0 Å². The van der Waals surface area contributed by atoms with Crippen LogP contribution in [0.15, 0.2) is 6.20 Å². The molecule has 0 aromatic carbocycles. The summed E-state index contributed by atoms with van der Waals surface area (Å²) in [7, 11) is 5.66. The molecule has 0 amide bonds. The fraction of sp³-hybridized carbons (Fsp3) is 0.786. The summed E-state index contributed by atoms with van der Waals surface area (Å²) < 4.78 is 7.16. The summed E-state index contributed by atoms with van der Waals surface area (Å²) in [5, 5.41) is 14.7. The van der Waals surface area contributed by atoms with Crippen molar-refractivity contribution in [3.05, 3.63) is 11.9 Å². The summed E-state index contributed by atoms with van der Waals surface area (Å²) in [6, 6.07) is 0. The molecule has 116 valence electrons. The molecule has 0 bridgehead atoms. The molecule has 1 aromatic heterocycles. The molecule has 5 nitrogen and oxygen atoms in total. The first-order chi connectivity index (χ1) is 9.45. The van der Waals surface area contributed by atoms with Gasteiger partial charge in [-0.15, -0.1) is 0 Å². The number of hydrogen-bond acceptors (Lipinski definition) is 5. The van der Waals surface area contributed by atoms with Crippen molar-refractivity contribution in [2.24, 2.45) is 5.92 Å². The lowest BCUT2D eigenvalue weighted by Crippen LogP contribution is -2.21. The molecule has 0 spiro atoms. The number of methoxy groups -OCH3 is 1. The zero-order chi connectivity index (χ0) is 15.1. The highest BCUT2D eigenvalue weighted by molar-refractivity contribution is 7.99. The van der Waals surface area contributed by atoms with E-state index in [1.807, 2.05) is 18.8 Å². The lowest BCUT2D eigenvalue weighted by Gasteiger charge is -2.17. The molecule has 6 heteroatoms. The number of aliphatic hydroxyl groups is 1. The first-order valence-electron chi connectivity index (χ1n) is 6.96. The van der Waals surface area contributed by atoms with Crippen molar-refractivity contribution in [3.8, 4) is 5.75 Å². The maximum atomic E-state index is 10.4. The Labute approximate surface area is 126 Å². The largest absolute Gasteiger partial charge is 0.493 e. The lowest BCUT2D eigenvalue weighted by molar-refractivity contribution is 0.185. The smallest absolute Gasteiger partial charge is 0.162 e. The van der Waals surface area contributed by atoms with Crippen molar-refractivity contribution in [1.29, 1.82) is 0 Å². The van der Waals surface area contributed by atoms with E-state index in [0.29, 0.717) is 17.4 Å². The molecule has 20 heavy (non-hydrogen) atoms. The molecule has 0 aliphatic rings. The molecule has 0 aliphatic carbocycles. The summed E-state index contributed by atoms with van der Waals surface area (Å²) in [6.07, 6.45) is 1.14. The number of nitrogens with zero attached hydrogens (tertiary/aromatic N) is 3. The Morgan fingerprint density at radius 1 is 1.40 bits per heavy atom. The summed E-state index contributed by atoms with van der Waals surface area (Å²) in [5.74, 6) is 3.02. The number of hydrogen-bond donors (Lipinski definition) is 1. The molecule has 1 rings (SSSR count). The maximum absolute atomic E-state index is 10.4. The fourth-order valence-electron chi connectivity index (χ4n) is 1.84. The van der Waals surface area contributed by atoms with Gasteiger partial charge in [-0.1, -0.05) is 13.8 Å². The van der Waals surface area contributed by atoms with E-state index in [9.17, 15) is 5.11 Å². The summed E-state index contributed by atoms with van der Waals surface area (Å²) in [6.45, 7) is 5.99. The van der Waals surface area contributed by atoms with Gasteiger partial charge < -0.3 is 14.7 Å². The van der Waals surface area contributed by atoms with Crippen molar-refractivity contribution in [1.82, 2.24) is 14.7 Å². The van der Waals surface area contributed by atoms with Crippen molar-refractivity contribution >= 4 is 11.8 Å². The number of rotatable bonds is 9. The van der Waals surface area contributed by atoms with Crippen LogP contribution in [0.5, 0.6) is 5.75 Å². The van der Waals surface area contributed by atoms with Gasteiger partial charge in [-0.2, -0.15) is 16.9 Å². The van der Waals surface area contributed by atoms with E-state index in [4.69, 9.17) is 4.74 Å². The Morgan fingerprint density at radius 3 is 2.65 bits per heavy atom. The van der Waals surface area contributed by atoms with Crippen LogP contribution in [0.4, 0.5) is 0 Å². The van der Waals surface area contributed by atoms with Gasteiger partial charge in [0.05, 0.1) is 19.9 Å². The van der Waals surface area contributed by atoms with E-state index in [1.165, 1.54) is 0 Å². The first kappa shape index (κ1) is 17.3. The van der Waals surface area contributed by atoms with E-state index < -0.39 is 6.10 Å². The molecule has 1 aromatic rings. The van der Waals surface area contributed by atoms with Gasteiger partial charge >= 0.3 is 0 Å². The average Bonchev–Trinajstić information content (AvgIpc) is 2.78. The van der Waals surface area contributed by atoms with E-state index in [2.05, 4.69) is 23.8 Å². The van der Waals surface area contributed by atoms with Crippen molar-refractivity contribution in [2.75, 3.05) is 39.3 Å². The highest BCUT2D eigenvalue weighted by Gasteiger charge is 2.20. The molecule has 0 fully saturated rings. The average molecular weight is 301 g/mol. The van der Waals surface area contributed by atoms with E-state index >= 15 is 0 Å². The van der Waals surface area contributed by atoms with Crippen LogP contribution < -0.4 is 4.74 Å². The molecular formula is C14H27N3O2S. The van der Waals surface area contributed by atoms with Crippen LogP contribution in [0.2, 0.25) is 0 Å². The normalized spacial score (nSPS) is 13.2. The zero-order valence-corrected chi connectivity index (χ0v) is 14.0. The highest BCUT2D eigenvalue weighted by atomic mass is 32.2. The van der Waals surface area contributed by atoms with Gasteiger partial charge in [0.1, 0.15) is 11.8 Å². The second-order valence-electron chi connectivity index (χ2n) is 5.57. The van der Waals surface area contributed by atoms with E-state index in [1.54, 1.807) is 25.1 Å². The molecule has 0 saturated carbocycles. The van der Waals surface area contributed by atoms with Gasteiger partial charge in [0.25, 0.3) is 0 Å². The monoisotopic (exact) mass is 301 g/mol. The summed E-state index contributed by atoms with van der Waals surface area (Å²) >= 11 is 1.76. The molecule has 1 N–H and O–H groups in total. The quantitative estimate of drug-likeness (QED) is 0.755. The minimum atomic E-state index is -0.543. The number of aliphatic hydroxyl groups excluding tert-OH is 1. The number of thioether (sulfide) groups is 1. The Bertz CT molecular complexity index is 394.